The van der Waals surface area contributed by atoms with Crippen molar-refractivity contribution in [1.82, 2.24) is 0 Å². The summed E-state index contributed by atoms with van der Waals surface area (Å²) >= 11 is 3.46. The second kappa shape index (κ2) is 8.41. The van der Waals surface area contributed by atoms with Gasteiger partial charge in [0.15, 0.2) is 5.41 Å². The van der Waals surface area contributed by atoms with Gasteiger partial charge in [-0.15, -0.1) is 0 Å². The number of nitrogens with zero attached hydrogens (tertiary/aromatic N) is 2. The molecule has 0 radical (unpaired) electrons. The molecule has 7 nitrogen and oxygen atoms in total. The van der Waals surface area contributed by atoms with Crippen molar-refractivity contribution < 1.29 is 19.1 Å². The lowest BCUT2D eigenvalue weighted by Gasteiger charge is -2.35. The molecule has 2 heterocycles. The SMILES string of the molecule is CC1=C(C(=O)OC(C)C)C2(C(=O)N(Cc3cccc(Br)c3)c3ccccc32)C(C#N)=C(N)O1. The summed E-state index contributed by atoms with van der Waals surface area (Å²) in [4.78, 5) is 29.1. The number of nitriles is 1. The third-order valence-electron chi connectivity index (χ3n) is 5.66. The lowest BCUT2D eigenvalue weighted by molar-refractivity contribution is -0.144. The molecule has 1 unspecified atom stereocenters. The van der Waals surface area contributed by atoms with E-state index >= 15 is 0 Å². The van der Waals surface area contributed by atoms with E-state index in [1.807, 2.05) is 30.3 Å². The molecule has 1 amide bonds. The van der Waals surface area contributed by atoms with Crippen LogP contribution in [0.3, 0.4) is 0 Å². The topological polar surface area (TPSA) is 106 Å². The van der Waals surface area contributed by atoms with Crippen molar-refractivity contribution >= 4 is 33.5 Å². The Hall–Kier alpha value is -3.57. The average molecular weight is 508 g/mol. The number of nitrogens with two attached hydrogens (primary N) is 1. The van der Waals surface area contributed by atoms with E-state index in [4.69, 9.17) is 15.2 Å². The van der Waals surface area contributed by atoms with Crippen LogP contribution in [-0.4, -0.2) is 18.0 Å². The van der Waals surface area contributed by atoms with E-state index < -0.39 is 23.4 Å². The standard InChI is InChI=1S/C25H22BrN3O4/c1-14(2)32-23(30)21-15(3)33-22(28)19(12-27)25(21)18-9-4-5-10-20(18)29(24(25)31)13-16-7-6-8-17(26)11-16/h4-11,14H,13,28H2,1-3H3. The molecule has 0 bridgehead atoms. The lowest BCUT2D eigenvalue weighted by Crippen LogP contribution is -2.48. The lowest BCUT2D eigenvalue weighted by atomic mass is 9.68. The van der Waals surface area contributed by atoms with Gasteiger partial charge in [-0.25, -0.2) is 4.79 Å². The zero-order chi connectivity index (χ0) is 23.9. The Labute approximate surface area is 200 Å². The number of anilines is 1. The number of amides is 1. The van der Waals surface area contributed by atoms with Gasteiger partial charge in [-0.2, -0.15) is 5.26 Å². The first-order chi connectivity index (χ1) is 15.7. The van der Waals surface area contributed by atoms with Gasteiger partial charge in [0.05, 0.1) is 12.6 Å². The Kier molecular flexibility index (Phi) is 5.76. The Morgan fingerprint density at radius 1 is 1.27 bits per heavy atom. The minimum atomic E-state index is -1.75. The minimum absolute atomic E-state index is 0.0313. The number of carbonyl (C=O) groups excluding carboxylic acids is 2. The molecule has 168 valence electrons. The number of allylic oxidation sites excluding steroid dienone is 1. The van der Waals surface area contributed by atoms with Crippen molar-refractivity contribution in [2.75, 3.05) is 4.90 Å². The van der Waals surface area contributed by atoms with E-state index in [9.17, 15) is 14.9 Å². The molecule has 0 aliphatic carbocycles. The van der Waals surface area contributed by atoms with Crippen LogP contribution in [0.2, 0.25) is 0 Å². The van der Waals surface area contributed by atoms with Gasteiger partial charge in [0.2, 0.25) is 11.8 Å². The minimum Gasteiger partial charge on any atom is -0.459 e. The number of para-hydroxylation sites is 1. The number of rotatable bonds is 4. The maximum atomic E-state index is 14.3. The highest BCUT2D eigenvalue weighted by Crippen LogP contribution is 2.54. The molecule has 8 heteroatoms. The predicted octanol–water partition coefficient (Wildman–Crippen LogP) is 4.18. The average Bonchev–Trinajstić information content (AvgIpc) is 2.97. The first-order valence-corrected chi connectivity index (χ1v) is 11.2. The van der Waals surface area contributed by atoms with Gasteiger partial charge in [0.1, 0.15) is 23.0 Å². The molecular formula is C25H22BrN3O4. The smallest absolute Gasteiger partial charge is 0.339 e. The number of carbonyl (C=O) groups is 2. The van der Waals surface area contributed by atoms with Gasteiger partial charge in [-0.3, -0.25) is 4.79 Å². The third-order valence-corrected chi connectivity index (χ3v) is 6.16. The fraction of sp³-hybridized carbons (Fsp3) is 0.240. The first-order valence-electron chi connectivity index (χ1n) is 10.4. The van der Waals surface area contributed by atoms with Crippen LogP contribution in [0, 0.1) is 11.3 Å². The Morgan fingerprint density at radius 3 is 2.67 bits per heavy atom. The second-order valence-electron chi connectivity index (χ2n) is 8.13. The van der Waals surface area contributed by atoms with Gasteiger partial charge in [-0.1, -0.05) is 46.3 Å². The summed E-state index contributed by atoms with van der Waals surface area (Å²) in [5.41, 5.74) is 6.15. The number of benzene rings is 2. The molecule has 1 atom stereocenters. The van der Waals surface area contributed by atoms with E-state index in [-0.39, 0.29) is 29.3 Å². The molecule has 2 N–H and O–H groups in total. The molecule has 2 aromatic rings. The Morgan fingerprint density at radius 2 is 2.00 bits per heavy atom. The molecule has 2 aromatic carbocycles. The predicted molar refractivity (Wildman–Crippen MR) is 125 cm³/mol. The van der Waals surface area contributed by atoms with Crippen molar-refractivity contribution in [2.45, 2.75) is 38.8 Å². The van der Waals surface area contributed by atoms with E-state index in [0.717, 1.165) is 10.0 Å². The summed E-state index contributed by atoms with van der Waals surface area (Å²) in [5, 5.41) is 10.1. The van der Waals surface area contributed by atoms with Gasteiger partial charge < -0.3 is 20.1 Å². The number of esters is 1. The molecule has 0 saturated carbocycles. The van der Waals surface area contributed by atoms with Crippen LogP contribution >= 0.6 is 15.9 Å². The molecule has 0 aromatic heterocycles. The highest BCUT2D eigenvalue weighted by Gasteiger charge is 2.62. The number of fused-ring (bicyclic) bond motifs is 2. The normalized spacial score (nSPS) is 19.6. The quantitative estimate of drug-likeness (QED) is 0.622. The molecule has 0 saturated heterocycles. The van der Waals surface area contributed by atoms with E-state index in [0.29, 0.717) is 11.3 Å². The second-order valence-corrected chi connectivity index (χ2v) is 9.04. The number of halogens is 1. The third kappa shape index (κ3) is 3.49. The Bertz CT molecular complexity index is 1270. The van der Waals surface area contributed by atoms with Crippen LogP contribution in [0.25, 0.3) is 0 Å². The van der Waals surface area contributed by atoms with Crippen LogP contribution in [0.15, 0.2) is 75.8 Å². The van der Waals surface area contributed by atoms with Crippen molar-refractivity contribution in [3.05, 3.63) is 86.9 Å². The number of ether oxygens (including phenoxy) is 2. The molecule has 1 spiro atoms. The van der Waals surface area contributed by atoms with E-state index in [1.165, 1.54) is 0 Å². The monoisotopic (exact) mass is 507 g/mol. The van der Waals surface area contributed by atoms with Crippen LogP contribution in [0.4, 0.5) is 5.69 Å². The van der Waals surface area contributed by atoms with Gasteiger partial charge >= 0.3 is 5.97 Å². The largest absolute Gasteiger partial charge is 0.459 e. The maximum absolute atomic E-state index is 14.3. The summed E-state index contributed by atoms with van der Waals surface area (Å²) in [6.45, 7) is 5.21. The van der Waals surface area contributed by atoms with Crippen molar-refractivity contribution in [2.24, 2.45) is 5.73 Å². The summed E-state index contributed by atoms with van der Waals surface area (Å²) in [6.07, 6.45) is -0.437. The summed E-state index contributed by atoms with van der Waals surface area (Å²) in [7, 11) is 0. The van der Waals surface area contributed by atoms with Gasteiger partial charge in [0.25, 0.3) is 0 Å². The van der Waals surface area contributed by atoms with Crippen molar-refractivity contribution in [1.29, 1.82) is 5.26 Å². The molecule has 2 aliphatic rings. The van der Waals surface area contributed by atoms with E-state index in [2.05, 4.69) is 15.9 Å². The zero-order valence-electron chi connectivity index (χ0n) is 18.4. The molecular weight excluding hydrogens is 486 g/mol. The number of hydrogen-bond acceptors (Lipinski definition) is 6. The van der Waals surface area contributed by atoms with Crippen LogP contribution in [0.5, 0.6) is 0 Å². The highest BCUT2D eigenvalue weighted by atomic mass is 79.9. The first kappa shape index (κ1) is 22.6. The van der Waals surface area contributed by atoms with Crippen LogP contribution in [0.1, 0.15) is 31.9 Å². The van der Waals surface area contributed by atoms with Crippen molar-refractivity contribution in [3.8, 4) is 6.07 Å². The van der Waals surface area contributed by atoms with Crippen molar-refractivity contribution in [3.63, 3.8) is 0 Å². The fourth-order valence-corrected chi connectivity index (χ4v) is 4.91. The zero-order valence-corrected chi connectivity index (χ0v) is 20.0. The summed E-state index contributed by atoms with van der Waals surface area (Å²) in [6, 6.07) is 16.7. The molecule has 0 fully saturated rings. The van der Waals surface area contributed by atoms with Crippen LogP contribution in [-0.2, 0) is 31.0 Å². The maximum Gasteiger partial charge on any atom is 0.339 e. The molecule has 2 aliphatic heterocycles. The summed E-state index contributed by atoms with van der Waals surface area (Å²) in [5.74, 6) is -1.26. The van der Waals surface area contributed by atoms with Gasteiger partial charge in [0, 0.05) is 15.7 Å². The van der Waals surface area contributed by atoms with Crippen LogP contribution < -0.4 is 10.6 Å². The molecule has 4 rings (SSSR count). The highest BCUT2D eigenvalue weighted by molar-refractivity contribution is 9.10. The van der Waals surface area contributed by atoms with Gasteiger partial charge in [-0.05, 0) is 44.5 Å². The number of hydrogen-bond donors (Lipinski definition) is 1. The summed E-state index contributed by atoms with van der Waals surface area (Å²) < 4.78 is 11.9. The fourth-order valence-electron chi connectivity index (χ4n) is 4.46. The molecule has 33 heavy (non-hydrogen) atoms. The van der Waals surface area contributed by atoms with E-state index in [1.54, 1.807) is 49.9 Å². The Balaban J connectivity index is 1.98.